The van der Waals surface area contributed by atoms with E-state index in [-0.39, 0.29) is 0 Å². The third-order valence-corrected chi connectivity index (χ3v) is 1.39. The maximum absolute atomic E-state index is 9.32. The molecule has 0 aliphatic rings. The normalized spacial score (nSPS) is 15.5. The predicted molar refractivity (Wildman–Crippen MR) is 43.0 cm³/mol. The van der Waals surface area contributed by atoms with E-state index >= 15 is 0 Å². The van der Waals surface area contributed by atoms with Crippen LogP contribution in [0.4, 0.5) is 0 Å². The standard InChI is InChI=1S/C8H16O3/c1-4-8(3,9)11-7-6-10-5-2/h5,9H,2,4,6-7H2,1,3H3. The summed E-state index contributed by atoms with van der Waals surface area (Å²) in [7, 11) is 0. The van der Waals surface area contributed by atoms with Crippen molar-refractivity contribution in [2.75, 3.05) is 13.2 Å². The Kier molecular flexibility index (Phi) is 4.90. The van der Waals surface area contributed by atoms with Crippen molar-refractivity contribution in [3.63, 3.8) is 0 Å². The van der Waals surface area contributed by atoms with Gasteiger partial charge in [0.25, 0.3) is 0 Å². The topological polar surface area (TPSA) is 38.7 Å². The molecule has 0 radical (unpaired) electrons. The summed E-state index contributed by atoms with van der Waals surface area (Å²) in [6.07, 6.45) is 1.92. The highest BCUT2D eigenvalue weighted by Gasteiger charge is 2.16. The number of hydrogen-bond donors (Lipinski definition) is 1. The second kappa shape index (κ2) is 5.16. The minimum Gasteiger partial charge on any atom is -0.499 e. The Hall–Kier alpha value is -0.540. The van der Waals surface area contributed by atoms with Crippen molar-refractivity contribution < 1.29 is 14.6 Å². The third-order valence-electron chi connectivity index (χ3n) is 1.39. The molecule has 0 saturated carbocycles. The Labute approximate surface area is 67.6 Å². The molecule has 0 rings (SSSR count). The fourth-order valence-electron chi connectivity index (χ4n) is 0.495. The smallest absolute Gasteiger partial charge is 0.162 e. The minimum absolute atomic E-state index is 0.382. The maximum Gasteiger partial charge on any atom is 0.162 e. The van der Waals surface area contributed by atoms with Crippen LogP contribution in [-0.2, 0) is 9.47 Å². The summed E-state index contributed by atoms with van der Waals surface area (Å²) >= 11 is 0. The largest absolute Gasteiger partial charge is 0.499 e. The molecule has 1 atom stereocenters. The van der Waals surface area contributed by atoms with E-state index in [1.807, 2.05) is 6.92 Å². The molecule has 11 heavy (non-hydrogen) atoms. The molecule has 0 aromatic carbocycles. The highest BCUT2D eigenvalue weighted by molar-refractivity contribution is 4.55. The second-order valence-corrected chi connectivity index (χ2v) is 2.41. The van der Waals surface area contributed by atoms with E-state index in [1.54, 1.807) is 6.92 Å². The van der Waals surface area contributed by atoms with Gasteiger partial charge in [0, 0.05) is 0 Å². The quantitative estimate of drug-likeness (QED) is 0.361. The predicted octanol–water partition coefficient (Wildman–Crippen LogP) is 1.28. The van der Waals surface area contributed by atoms with Crippen LogP contribution in [0.1, 0.15) is 20.3 Å². The van der Waals surface area contributed by atoms with Gasteiger partial charge in [-0.25, -0.2) is 0 Å². The van der Waals surface area contributed by atoms with Crippen molar-refractivity contribution in [2.45, 2.75) is 26.1 Å². The van der Waals surface area contributed by atoms with Crippen LogP contribution >= 0.6 is 0 Å². The molecule has 0 fully saturated rings. The second-order valence-electron chi connectivity index (χ2n) is 2.41. The number of hydrogen-bond acceptors (Lipinski definition) is 3. The van der Waals surface area contributed by atoms with Crippen LogP contribution in [0.25, 0.3) is 0 Å². The lowest BCUT2D eigenvalue weighted by Gasteiger charge is -2.21. The van der Waals surface area contributed by atoms with Crippen LogP contribution in [0, 0.1) is 0 Å². The van der Waals surface area contributed by atoms with E-state index in [0.717, 1.165) is 0 Å². The fourth-order valence-corrected chi connectivity index (χ4v) is 0.495. The molecule has 0 heterocycles. The van der Waals surface area contributed by atoms with Crippen LogP contribution in [-0.4, -0.2) is 24.1 Å². The summed E-state index contributed by atoms with van der Waals surface area (Å²) in [6, 6.07) is 0. The van der Waals surface area contributed by atoms with Crippen LogP contribution < -0.4 is 0 Å². The molecule has 1 N–H and O–H groups in total. The van der Waals surface area contributed by atoms with Crippen molar-refractivity contribution in [3.05, 3.63) is 12.8 Å². The molecule has 0 aromatic rings. The third kappa shape index (κ3) is 5.88. The van der Waals surface area contributed by atoms with Crippen molar-refractivity contribution in [1.82, 2.24) is 0 Å². The van der Waals surface area contributed by atoms with Gasteiger partial charge in [-0.3, -0.25) is 0 Å². The number of ether oxygens (including phenoxy) is 2. The Morgan fingerprint density at radius 1 is 1.55 bits per heavy atom. The first-order valence-corrected chi connectivity index (χ1v) is 3.71. The van der Waals surface area contributed by atoms with Crippen LogP contribution in [0.2, 0.25) is 0 Å². The van der Waals surface area contributed by atoms with Gasteiger partial charge in [0.2, 0.25) is 0 Å². The molecular formula is C8H16O3. The zero-order valence-electron chi connectivity index (χ0n) is 7.17. The van der Waals surface area contributed by atoms with Gasteiger partial charge in [-0.15, -0.1) is 0 Å². The average molecular weight is 160 g/mol. The van der Waals surface area contributed by atoms with Gasteiger partial charge in [0.1, 0.15) is 6.61 Å². The first kappa shape index (κ1) is 10.5. The van der Waals surface area contributed by atoms with Gasteiger partial charge in [0.05, 0.1) is 12.9 Å². The number of aliphatic hydroxyl groups is 1. The van der Waals surface area contributed by atoms with Gasteiger partial charge in [0.15, 0.2) is 5.79 Å². The highest BCUT2D eigenvalue weighted by atomic mass is 16.6. The molecule has 0 amide bonds. The van der Waals surface area contributed by atoms with Crippen molar-refractivity contribution in [2.24, 2.45) is 0 Å². The molecule has 0 spiro atoms. The molecular weight excluding hydrogens is 144 g/mol. The van der Waals surface area contributed by atoms with E-state index in [4.69, 9.17) is 9.47 Å². The molecule has 0 bridgehead atoms. The van der Waals surface area contributed by atoms with Crippen LogP contribution in [0.3, 0.4) is 0 Å². The molecule has 0 aliphatic carbocycles. The van der Waals surface area contributed by atoms with Gasteiger partial charge < -0.3 is 14.6 Å². The summed E-state index contributed by atoms with van der Waals surface area (Å²) in [6.45, 7) is 7.67. The molecule has 1 unspecified atom stereocenters. The molecule has 3 heteroatoms. The Balaban J connectivity index is 3.29. The Morgan fingerprint density at radius 2 is 2.18 bits per heavy atom. The summed E-state index contributed by atoms with van der Waals surface area (Å²) in [5.74, 6) is -1.02. The van der Waals surface area contributed by atoms with Gasteiger partial charge in [-0.05, 0) is 13.3 Å². The zero-order chi connectivity index (χ0) is 8.74. The maximum atomic E-state index is 9.32. The minimum atomic E-state index is -1.02. The molecule has 0 saturated heterocycles. The van der Waals surface area contributed by atoms with Crippen LogP contribution in [0.15, 0.2) is 12.8 Å². The lowest BCUT2D eigenvalue weighted by atomic mass is 10.2. The highest BCUT2D eigenvalue weighted by Crippen LogP contribution is 2.09. The SMILES string of the molecule is C=COCCOC(C)(O)CC. The van der Waals surface area contributed by atoms with Crippen molar-refractivity contribution in [3.8, 4) is 0 Å². The lowest BCUT2D eigenvalue weighted by molar-refractivity contribution is -0.195. The number of rotatable bonds is 6. The first-order chi connectivity index (χ1) is 5.12. The van der Waals surface area contributed by atoms with Gasteiger partial charge in [-0.2, -0.15) is 0 Å². The van der Waals surface area contributed by atoms with Gasteiger partial charge in [-0.1, -0.05) is 13.5 Å². The van der Waals surface area contributed by atoms with Crippen LogP contribution in [0.5, 0.6) is 0 Å². The van der Waals surface area contributed by atoms with E-state index in [0.29, 0.717) is 19.6 Å². The van der Waals surface area contributed by atoms with E-state index < -0.39 is 5.79 Å². The average Bonchev–Trinajstić information content (AvgIpc) is 1.99. The Bertz CT molecular complexity index is 110. The lowest BCUT2D eigenvalue weighted by Crippen LogP contribution is -2.28. The zero-order valence-corrected chi connectivity index (χ0v) is 7.17. The molecule has 66 valence electrons. The van der Waals surface area contributed by atoms with Gasteiger partial charge >= 0.3 is 0 Å². The van der Waals surface area contributed by atoms with E-state index in [1.165, 1.54) is 6.26 Å². The van der Waals surface area contributed by atoms with E-state index in [9.17, 15) is 5.11 Å². The van der Waals surface area contributed by atoms with Crippen molar-refractivity contribution >= 4 is 0 Å². The fraction of sp³-hybridized carbons (Fsp3) is 0.750. The molecule has 0 aromatic heterocycles. The summed E-state index contributed by atoms with van der Waals surface area (Å²) < 4.78 is 9.86. The van der Waals surface area contributed by atoms with Crippen molar-refractivity contribution in [1.29, 1.82) is 0 Å². The molecule has 0 aliphatic heterocycles. The summed E-state index contributed by atoms with van der Waals surface area (Å²) in [4.78, 5) is 0. The summed E-state index contributed by atoms with van der Waals surface area (Å²) in [5.41, 5.74) is 0. The Morgan fingerprint density at radius 3 is 2.64 bits per heavy atom. The monoisotopic (exact) mass is 160 g/mol. The first-order valence-electron chi connectivity index (χ1n) is 3.71. The van der Waals surface area contributed by atoms with E-state index in [2.05, 4.69) is 6.58 Å². The summed E-state index contributed by atoms with van der Waals surface area (Å²) in [5, 5.41) is 9.32. The molecule has 3 nitrogen and oxygen atoms in total.